The van der Waals surface area contributed by atoms with Crippen LogP contribution in [-0.4, -0.2) is 28.1 Å². The van der Waals surface area contributed by atoms with Crippen LogP contribution < -0.4 is 10.2 Å². The van der Waals surface area contributed by atoms with Crippen LogP contribution in [0.3, 0.4) is 0 Å². The maximum absolute atomic E-state index is 13.0. The molecule has 0 saturated heterocycles. The number of rotatable bonds is 3. The van der Waals surface area contributed by atoms with E-state index in [9.17, 15) is 9.59 Å². The predicted octanol–water partition coefficient (Wildman–Crippen LogP) is 3.25. The summed E-state index contributed by atoms with van der Waals surface area (Å²) in [5.74, 6) is -0.112. The van der Waals surface area contributed by atoms with Gasteiger partial charge in [-0.15, -0.1) is 0 Å². The highest BCUT2D eigenvalue weighted by Crippen LogP contribution is 2.45. The summed E-state index contributed by atoms with van der Waals surface area (Å²) in [6.45, 7) is 6.02. The van der Waals surface area contributed by atoms with E-state index in [1.807, 2.05) is 44.2 Å². The number of hydrogen-bond acceptors (Lipinski definition) is 4. The average molecular weight is 341 g/mol. The third kappa shape index (κ3) is 2.78. The lowest BCUT2D eigenvalue weighted by atomic mass is 10.1. The number of fused-ring (bicyclic) bond motifs is 1. The Labute approximate surface area is 145 Å². The van der Waals surface area contributed by atoms with Crippen LogP contribution in [0, 0.1) is 6.92 Å². The van der Waals surface area contributed by atoms with E-state index in [1.165, 1.54) is 11.8 Å². The van der Waals surface area contributed by atoms with Crippen molar-refractivity contribution in [2.75, 3.05) is 16.8 Å². The number of pyridine rings is 1. The maximum Gasteiger partial charge on any atom is 0.252 e. The summed E-state index contributed by atoms with van der Waals surface area (Å²) in [7, 11) is 0. The van der Waals surface area contributed by atoms with Crippen molar-refractivity contribution in [2.24, 2.45) is 0 Å². The van der Waals surface area contributed by atoms with Gasteiger partial charge in [0, 0.05) is 17.6 Å². The number of nitrogens with one attached hydrogen (secondary N) is 1. The summed E-state index contributed by atoms with van der Waals surface area (Å²) in [6.07, 6.45) is 1.64. The smallest absolute Gasteiger partial charge is 0.252 e. The molecule has 0 bridgehead atoms. The fourth-order valence-corrected chi connectivity index (χ4v) is 3.90. The van der Waals surface area contributed by atoms with Crippen LogP contribution in [0.15, 0.2) is 47.5 Å². The molecule has 2 aromatic rings. The first-order chi connectivity index (χ1) is 11.5. The number of hydrogen-bond donors (Lipinski definition) is 1. The Bertz CT molecular complexity index is 808. The molecule has 1 N–H and O–H groups in total. The molecule has 1 aromatic heterocycles. The first-order valence-electron chi connectivity index (χ1n) is 7.80. The molecule has 1 unspecified atom stereocenters. The largest absolute Gasteiger partial charge is 0.310 e. The highest BCUT2D eigenvalue weighted by atomic mass is 32.2. The van der Waals surface area contributed by atoms with Gasteiger partial charge in [0.05, 0.1) is 5.69 Å². The fraction of sp³-hybridized carbons (Fsp3) is 0.278. The topological polar surface area (TPSA) is 62.3 Å². The van der Waals surface area contributed by atoms with E-state index in [-0.39, 0.29) is 11.8 Å². The number of carbonyl (C=O) groups excluding carboxylic acids is 2. The maximum atomic E-state index is 13.0. The lowest BCUT2D eigenvalue weighted by Gasteiger charge is -2.38. The van der Waals surface area contributed by atoms with Crippen molar-refractivity contribution in [1.82, 2.24) is 4.98 Å². The number of para-hydroxylation sites is 1. The minimum Gasteiger partial charge on any atom is -0.310 e. The number of anilines is 2. The number of carbonyl (C=O) groups is 2. The molecule has 0 saturated carbocycles. The van der Waals surface area contributed by atoms with Gasteiger partial charge in [-0.25, -0.2) is 4.98 Å². The Hall–Kier alpha value is -2.34. The molecule has 0 aliphatic carbocycles. The first-order valence-corrected chi connectivity index (χ1v) is 8.61. The monoisotopic (exact) mass is 341 g/mol. The van der Waals surface area contributed by atoms with Gasteiger partial charge in [0.25, 0.3) is 11.8 Å². The fourth-order valence-electron chi connectivity index (χ4n) is 2.69. The molecular weight excluding hydrogens is 322 g/mol. The number of nitrogens with zero attached hydrogens (tertiary/aromatic N) is 2. The van der Waals surface area contributed by atoms with Crippen molar-refractivity contribution < 1.29 is 9.59 Å². The van der Waals surface area contributed by atoms with Gasteiger partial charge in [-0.1, -0.05) is 23.9 Å². The van der Waals surface area contributed by atoms with Crippen LogP contribution in [0.2, 0.25) is 0 Å². The van der Waals surface area contributed by atoms with E-state index < -0.39 is 4.75 Å². The third-order valence-electron chi connectivity index (χ3n) is 4.03. The van der Waals surface area contributed by atoms with Gasteiger partial charge >= 0.3 is 0 Å². The standard InChI is InChI=1S/C18H19N3O2S/c1-4-21-13-7-5-6-8-14(13)24-18(3,17(21)23)16(22)20-15-11-12(2)9-10-19-15/h5-11H,4H2,1-3H3,(H,19,20,22). The van der Waals surface area contributed by atoms with Gasteiger partial charge in [-0.2, -0.15) is 0 Å². The number of aryl methyl sites for hydroxylation is 1. The highest BCUT2D eigenvalue weighted by molar-refractivity contribution is 8.02. The number of thioether (sulfide) groups is 1. The van der Waals surface area contributed by atoms with Crippen molar-refractivity contribution in [1.29, 1.82) is 0 Å². The van der Waals surface area contributed by atoms with Crippen LogP contribution in [0.1, 0.15) is 19.4 Å². The zero-order chi connectivity index (χ0) is 17.3. The molecule has 2 heterocycles. The molecule has 0 radical (unpaired) electrons. The molecule has 1 aliphatic heterocycles. The Kier molecular flexibility index (Phi) is 4.32. The van der Waals surface area contributed by atoms with Crippen LogP contribution >= 0.6 is 11.8 Å². The second-order valence-electron chi connectivity index (χ2n) is 5.83. The van der Waals surface area contributed by atoms with Gasteiger partial charge in [-0.05, 0) is 50.6 Å². The van der Waals surface area contributed by atoms with Crippen molar-refractivity contribution in [2.45, 2.75) is 30.4 Å². The quantitative estimate of drug-likeness (QED) is 0.871. The number of amides is 2. The highest BCUT2D eigenvalue weighted by Gasteiger charge is 2.49. The second kappa shape index (κ2) is 6.28. The third-order valence-corrected chi connectivity index (χ3v) is 5.36. The normalized spacial score (nSPS) is 19.8. The van der Waals surface area contributed by atoms with Crippen LogP contribution in [0.4, 0.5) is 11.5 Å². The van der Waals surface area contributed by atoms with Crippen molar-refractivity contribution in [3.8, 4) is 0 Å². The summed E-state index contributed by atoms with van der Waals surface area (Å²) in [4.78, 5) is 32.6. The lowest BCUT2D eigenvalue weighted by molar-refractivity contribution is -0.128. The van der Waals surface area contributed by atoms with Gasteiger partial charge in [-0.3, -0.25) is 9.59 Å². The first kappa shape index (κ1) is 16.5. The predicted molar refractivity (Wildman–Crippen MR) is 96.3 cm³/mol. The summed E-state index contributed by atoms with van der Waals surface area (Å²) < 4.78 is -1.23. The van der Waals surface area contributed by atoms with E-state index in [2.05, 4.69) is 10.3 Å². The van der Waals surface area contributed by atoms with Crippen molar-refractivity contribution in [3.63, 3.8) is 0 Å². The summed E-state index contributed by atoms with van der Waals surface area (Å²) in [6, 6.07) is 11.3. The Morgan fingerprint density at radius 1 is 1.33 bits per heavy atom. The Morgan fingerprint density at radius 2 is 2.08 bits per heavy atom. The van der Waals surface area contributed by atoms with E-state index in [0.29, 0.717) is 12.4 Å². The molecule has 0 spiro atoms. The van der Waals surface area contributed by atoms with Crippen LogP contribution in [0.25, 0.3) is 0 Å². The van der Waals surface area contributed by atoms with Gasteiger partial charge in [0.15, 0.2) is 4.75 Å². The molecule has 0 fully saturated rings. The number of benzene rings is 1. The molecule has 2 amide bonds. The SMILES string of the molecule is CCN1C(=O)C(C)(C(=O)Nc2cc(C)ccn2)Sc2ccccc21. The number of aromatic nitrogens is 1. The van der Waals surface area contributed by atoms with Crippen LogP contribution in [-0.2, 0) is 9.59 Å². The Balaban J connectivity index is 1.94. The van der Waals surface area contributed by atoms with E-state index in [1.54, 1.807) is 24.1 Å². The zero-order valence-corrected chi connectivity index (χ0v) is 14.7. The summed E-state index contributed by atoms with van der Waals surface area (Å²) in [5, 5.41) is 2.78. The molecule has 124 valence electrons. The van der Waals surface area contributed by atoms with Gasteiger partial charge in [0.1, 0.15) is 5.82 Å². The van der Waals surface area contributed by atoms with E-state index >= 15 is 0 Å². The molecule has 1 aromatic carbocycles. The molecule has 24 heavy (non-hydrogen) atoms. The second-order valence-corrected chi connectivity index (χ2v) is 7.29. The molecule has 3 rings (SSSR count). The minimum atomic E-state index is -1.23. The Morgan fingerprint density at radius 3 is 2.79 bits per heavy atom. The lowest BCUT2D eigenvalue weighted by Crippen LogP contribution is -2.54. The van der Waals surface area contributed by atoms with Gasteiger partial charge < -0.3 is 10.2 Å². The molecule has 5 nitrogen and oxygen atoms in total. The van der Waals surface area contributed by atoms with Crippen molar-refractivity contribution >= 4 is 35.1 Å². The van der Waals surface area contributed by atoms with Crippen molar-refractivity contribution in [3.05, 3.63) is 48.2 Å². The molecule has 6 heteroatoms. The van der Waals surface area contributed by atoms with E-state index in [4.69, 9.17) is 0 Å². The van der Waals surface area contributed by atoms with Gasteiger partial charge in [0.2, 0.25) is 0 Å². The van der Waals surface area contributed by atoms with Crippen LogP contribution in [0.5, 0.6) is 0 Å². The molecular formula is C18H19N3O2S. The zero-order valence-electron chi connectivity index (χ0n) is 13.9. The van der Waals surface area contributed by atoms with E-state index in [0.717, 1.165) is 16.1 Å². The molecule has 1 aliphatic rings. The average Bonchev–Trinajstić information content (AvgIpc) is 2.56. The summed E-state index contributed by atoms with van der Waals surface area (Å²) >= 11 is 1.29. The minimum absolute atomic E-state index is 0.209. The molecule has 1 atom stereocenters. The summed E-state index contributed by atoms with van der Waals surface area (Å²) in [5.41, 5.74) is 1.85.